The van der Waals surface area contributed by atoms with Gasteiger partial charge in [-0.15, -0.1) is 0 Å². The average Bonchev–Trinajstić information content (AvgIpc) is 2.17. The van der Waals surface area contributed by atoms with Crippen LogP contribution in [-0.2, 0) is 4.74 Å². The Bertz CT molecular complexity index is 357. The van der Waals surface area contributed by atoms with Crippen molar-refractivity contribution in [1.82, 2.24) is 0 Å². The highest BCUT2D eigenvalue weighted by molar-refractivity contribution is 6.30. The molecule has 1 rings (SSSR count). The molecule has 0 spiro atoms. The van der Waals surface area contributed by atoms with Crippen molar-refractivity contribution in [2.75, 3.05) is 7.11 Å². The van der Waals surface area contributed by atoms with Crippen LogP contribution >= 0.6 is 11.6 Å². The standard InChI is InChI=1S/C12H17ClFNO/c1-7(2)12(16-3)11(15)9-5-4-8(13)6-10(9)14/h4-7,11-12H,15H2,1-3H3. The van der Waals surface area contributed by atoms with Crippen LogP contribution in [-0.4, -0.2) is 13.2 Å². The molecule has 2 unspecified atom stereocenters. The van der Waals surface area contributed by atoms with E-state index in [4.69, 9.17) is 22.1 Å². The van der Waals surface area contributed by atoms with Crippen molar-refractivity contribution in [2.24, 2.45) is 11.7 Å². The van der Waals surface area contributed by atoms with Gasteiger partial charge in [0.2, 0.25) is 0 Å². The maximum atomic E-state index is 13.6. The molecule has 4 heteroatoms. The molecule has 0 aliphatic carbocycles. The van der Waals surface area contributed by atoms with Crippen molar-refractivity contribution in [2.45, 2.75) is 26.0 Å². The monoisotopic (exact) mass is 245 g/mol. The minimum atomic E-state index is -0.484. The van der Waals surface area contributed by atoms with E-state index in [-0.39, 0.29) is 17.8 Å². The fourth-order valence-corrected chi connectivity index (χ4v) is 1.94. The van der Waals surface area contributed by atoms with Gasteiger partial charge < -0.3 is 10.5 Å². The smallest absolute Gasteiger partial charge is 0.129 e. The largest absolute Gasteiger partial charge is 0.379 e. The molecular formula is C12H17ClFNO. The van der Waals surface area contributed by atoms with Crippen molar-refractivity contribution in [1.29, 1.82) is 0 Å². The first-order chi connectivity index (χ1) is 7.47. The molecule has 0 saturated carbocycles. The Morgan fingerprint density at radius 1 is 1.38 bits per heavy atom. The molecule has 0 aliphatic rings. The molecule has 16 heavy (non-hydrogen) atoms. The Hall–Kier alpha value is -0.640. The van der Waals surface area contributed by atoms with E-state index < -0.39 is 6.04 Å². The van der Waals surface area contributed by atoms with Crippen molar-refractivity contribution in [3.05, 3.63) is 34.6 Å². The summed E-state index contributed by atoms with van der Waals surface area (Å²) in [6, 6.07) is 4.02. The molecule has 90 valence electrons. The predicted octanol–water partition coefficient (Wildman–Crippen LogP) is 3.15. The van der Waals surface area contributed by atoms with Crippen molar-refractivity contribution in [3.63, 3.8) is 0 Å². The molecule has 0 radical (unpaired) electrons. The summed E-state index contributed by atoms with van der Waals surface area (Å²) in [6.45, 7) is 3.98. The van der Waals surface area contributed by atoms with Gasteiger partial charge in [0, 0.05) is 17.7 Å². The normalized spacial score (nSPS) is 15.2. The molecule has 2 nitrogen and oxygen atoms in total. The van der Waals surface area contributed by atoms with Crippen molar-refractivity contribution in [3.8, 4) is 0 Å². The topological polar surface area (TPSA) is 35.2 Å². The predicted molar refractivity (Wildman–Crippen MR) is 64.0 cm³/mol. The Morgan fingerprint density at radius 3 is 2.44 bits per heavy atom. The molecule has 2 atom stereocenters. The lowest BCUT2D eigenvalue weighted by Crippen LogP contribution is -2.33. The van der Waals surface area contributed by atoms with E-state index >= 15 is 0 Å². The summed E-state index contributed by atoms with van der Waals surface area (Å²) in [4.78, 5) is 0. The number of rotatable bonds is 4. The molecule has 0 amide bonds. The minimum absolute atomic E-state index is 0.212. The maximum Gasteiger partial charge on any atom is 0.129 e. The van der Waals surface area contributed by atoms with Gasteiger partial charge >= 0.3 is 0 Å². The lowest BCUT2D eigenvalue weighted by atomic mass is 9.94. The van der Waals surface area contributed by atoms with Crippen LogP contribution in [0.2, 0.25) is 5.02 Å². The van der Waals surface area contributed by atoms with Crippen molar-refractivity contribution >= 4 is 11.6 Å². The summed E-state index contributed by atoms with van der Waals surface area (Å²) in [5.74, 6) is -0.169. The summed E-state index contributed by atoms with van der Waals surface area (Å²) < 4.78 is 18.9. The maximum absolute atomic E-state index is 13.6. The quantitative estimate of drug-likeness (QED) is 0.885. The molecule has 0 saturated heterocycles. The van der Waals surface area contributed by atoms with Gasteiger partial charge in [-0.2, -0.15) is 0 Å². The second kappa shape index (κ2) is 5.62. The SMILES string of the molecule is COC(C(C)C)C(N)c1ccc(Cl)cc1F. The van der Waals surface area contributed by atoms with Gasteiger partial charge in [0.25, 0.3) is 0 Å². The third-order valence-electron chi connectivity index (χ3n) is 2.60. The molecule has 0 bridgehead atoms. The Balaban J connectivity index is 2.99. The first kappa shape index (κ1) is 13.4. The fraction of sp³-hybridized carbons (Fsp3) is 0.500. The van der Waals surface area contributed by atoms with Crippen LogP contribution in [0.4, 0.5) is 4.39 Å². The summed E-state index contributed by atoms with van der Waals surface area (Å²) >= 11 is 5.69. The van der Waals surface area contributed by atoms with Crippen LogP contribution in [0.5, 0.6) is 0 Å². The minimum Gasteiger partial charge on any atom is -0.379 e. The van der Waals surface area contributed by atoms with Gasteiger partial charge in [0.15, 0.2) is 0 Å². The Labute approximate surface area is 101 Å². The lowest BCUT2D eigenvalue weighted by Gasteiger charge is -2.26. The van der Waals surface area contributed by atoms with E-state index in [0.717, 1.165) is 0 Å². The van der Waals surface area contributed by atoms with Gasteiger partial charge in [-0.05, 0) is 18.1 Å². The van der Waals surface area contributed by atoms with Crippen LogP contribution in [0.25, 0.3) is 0 Å². The first-order valence-electron chi connectivity index (χ1n) is 5.20. The molecule has 1 aromatic rings. The summed E-state index contributed by atoms with van der Waals surface area (Å²) in [5, 5.41) is 0.368. The fourth-order valence-electron chi connectivity index (χ4n) is 1.78. The number of nitrogens with two attached hydrogens (primary N) is 1. The Kier molecular flexibility index (Phi) is 4.71. The molecule has 0 heterocycles. The van der Waals surface area contributed by atoms with Gasteiger partial charge in [-0.1, -0.05) is 31.5 Å². The van der Waals surface area contributed by atoms with Crippen LogP contribution in [0.1, 0.15) is 25.5 Å². The van der Waals surface area contributed by atoms with Crippen molar-refractivity contribution < 1.29 is 9.13 Å². The zero-order chi connectivity index (χ0) is 12.3. The van der Waals surface area contributed by atoms with Gasteiger partial charge in [-0.3, -0.25) is 0 Å². The third kappa shape index (κ3) is 2.94. The molecule has 0 aromatic heterocycles. The molecule has 1 aromatic carbocycles. The van der Waals surface area contributed by atoms with Crippen LogP contribution < -0.4 is 5.73 Å². The lowest BCUT2D eigenvalue weighted by molar-refractivity contribution is 0.0428. The molecule has 2 N–H and O–H groups in total. The average molecular weight is 246 g/mol. The highest BCUT2D eigenvalue weighted by atomic mass is 35.5. The first-order valence-corrected chi connectivity index (χ1v) is 5.58. The zero-order valence-electron chi connectivity index (χ0n) is 9.71. The van der Waals surface area contributed by atoms with Crippen LogP contribution in [0, 0.1) is 11.7 Å². The van der Waals surface area contributed by atoms with E-state index in [9.17, 15) is 4.39 Å². The van der Waals surface area contributed by atoms with Crippen LogP contribution in [0.3, 0.4) is 0 Å². The molecule has 0 fully saturated rings. The molecule has 0 aliphatic heterocycles. The van der Waals surface area contributed by atoms with E-state index in [0.29, 0.717) is 10.6 Å². The second-order valence-corrected chi connectivity index (χ2v) is 4.57. The number of ether oxygens (including phenoxy) is 1. The summed E-state index contributed by atoms with van der Waals surface area (Å²) in [5.41, 5.74) is 6.43. The molecular weight excluding hydrogens is 229 g/mol. The zero-order valence-corrected chi connectivity index (χ0v) is 10.5. The van der Waals surface area contributed by atoms with E-state index in [1.807, 2.05) is 13.8 Å². The second-order valence-electron chi connectivity index (χ2n) is 4.14. The summed E-state index contributed by atoms with van der Waals surface area (Å²) in [6.07, 6.45) is -0.212. The van der Waals surface area contributed by atoms with Gasteiger partial charge in [0.05, 0.1) is 12.1 Å². The number of benzene rings is 1. The van der Waals surface area contributed by atoms with E-state index in [2.05, 4.69) is 0 Å². The highest BCUT2D eigenvalue weighted by Crippen LogP contribution is 2.25. The number of hydrogen-bond donors (Lipinski definition) is 1. The highest BCUT2D eigenvalue weighted by Gasteiger charge is 2.24. The van der Waals surface area contributed by atoms with E-state index in [1.165, 1.54) is 6.07 Å². The van der Waals surface area contributed by atoms with Crippen LogP contribution in [0.15, 0.2) is 18.2 Å². The summed E-state index contributed by atoms with van der Waals surface area (Å²) in [7, 11) is 1.58. The number of methoxy groups -OCH3 is 1. The third-order valence-corrected chi connectivity index (χ3v) is 2.84. The van der Waals surface area contributed by atoms with E-state index in [1.54, 1.807) is 19.2 Å². The van der Waals surface area contributed by atoms with Gasteiger partial charge in [0.1, 0.15) is 5.82 Å². The number of halogens is 2. The Morgan fingerprint density at radius 2 is 2.00 bits per heavy atom. The van der Waals surface area contributed by atoms with Gasteiger partial charge in [-0.25, -0.2) is 4.39 Å². The number of hydrogen-bond acceptors (Lipinski definition) is 2.